The van der Waals surface area contributed by atoms with E-state index in [9.17, 15) is 0 Å². The molecule has 0 unspecified atom stereocenters. The zero-order valence-corrected chi connectivity index (χ0v) is 7.93. The molecule has 0 aromatic carbocycles. The Bertz CT molecular complexity index is 667. The van der Waals surface area contributed by atoms with E-state index in [2.05, 4.69) is 19.9 Å². The highest BCUT2D eigenvalue weighted by molar-refractivity contribution is 7.71. The van der Waals surface area contributed by atoms with Crippen molar-refractivity contribution in [1.29, 1.82) is 0 Å². The molecule has 14 heavy (non-hydrogen) atoms. The Labute approximate surface area is 84.0 Å². The maximum absolute atomic E-state index is 5.01. The Hall–Kier alpha value is -1.75. The van der Waals surface area contributed by atoms with Gasteiger partial charge in [0.25, 0.3) is 0 Å². The summed E-state index contributed by atoms with van der Waals surface area (Å²) in [7, 11) is 0. The molecule has 0 amide bonds. The van der Waals surface area contributed by atoms with Crippen LogP contribution in [0.4, 0.5) is 0 Å². The van der Waals surface area contributed by atoms with Crippen molar-refractivity contribution >= 4 is 34.3 Å². The monoisotopic (exact) mass is 202 g/mol. The van der Waals surface area contributed by atoms with Gasteiger partial charge in [-0.05, 0) is 24.4 Å². The molecule has 5 heteroatoms. The van der Waals surface area contributed by atoms with Gasteiger partial charge in [0.1, 0.15) is 5.52 Å². The third kappa shape index (κ3) is 0.958. The van der Waals surface area contributed by atoms with Crippen molar-refractivity contribution in [3.8, 4) is 0 Å². The predicted molar refractivity (Wildman–Crippen MR) is 56.6 cm³/mol. The SMILES string of the molecule is S=c1[nH]c2cnc3cccnc3c2[nH]1. The number of nitrogens with zero attached hydrogens (tertiary/aromatic N) is 2. The Morgan fingerprint density at radius 3 is 3.07 bits per heavy atom. The van der Waals surface area contributed by atoms with Crippen LogP contribution in [0.25, 0.3) is 22.1 Å². The number of imidazole rings is 1. The van der Waals surface area contributed by atoms with Crippen molar-refractivity contribution in [2.45, 2.75) is 0 Å². The molecule has 2 N–H and O–H groups in total. The van der Waals surface area contributed by atoms with Crippen LogP contribution >= 0.6 is 12.2 Å². The third-order valence-corrected chi connectivity index (χ3v) is 2.32. The van der Waals surface area contributed by atoms with Gasteiger partial charge in [-0.1, -0.05) is 0 Å². The molecule has 4 nitrogen and oxygen atoms in total. The number of hydrogen-bond donors (Lipinski definition) is 2. The van der Waals surface area contributed by atoms with Crippen LogP contribution in [0.3, 0.4) is 0 Å². The zero-order valence-electron chi connectivity index (χ0n) is 7.11. The summed E-state index contributed by atoms with van der Waals surface area (Å²) in [5, 5.41) is 0. The third-order valence-electron chi connectivity index (χ3n) is 2.11. The number of aromatic nitrogens is 4. The lowest BCUT2D eigenvalue weighted by atomic mass is 10.3. The van der Waals surface area contributed by atoms with Gasteiger partial charge in [0.2, 0.25) is 0 Å². The average Bonchev–Trinajstić information content (AvgIpc) is 2.59. The van der Waals surface area contributed by atoms with Crippen LogP contribution in [0.2, 0.25) is 0 Å². The van der Waals surface area contributed by atoms with E-state index in [4.69, 9.17) is 12.2 Å². The summed E-state index contributed by atoms with van der Waals surface area (Å²) in [6.45, 7) is 0. The molecule has 0 atom stereocenters. The molecule has 68 valence electrons. The lowest BCUT2D eigenvalue weighted by Crippen LogP contribution is -1.83. The Morgan fingerprint density at radius 1 is 1.21 bits per heavy atom. The first-order valence-corrected chi connectivity index (χ1v) is 4.57. The molecule has 3 heterocycles. The summed E-state index contributed by atoms with van der Waals surface area (Å²) in [5.41, 5.74) is 3.52. The zero-order chi connectivity index (χ0) is 9.54. The Balaban J connectivity index is 2.66. The quantitative estimate of drug-likeness (QED) is 0.549. The van der Waals surface area contributed by atoms with Crippen molar-refractivity contribution in [3.05, 3.63) is 29.3 Å². The first kappa shape index (κ1) is 7.64. The highest BCUT2D eigenvalue weighted by atomic mass is 32.1. The second-order valence-corrected chi connectivity index (χ2v) is 3.41. The number of H-pyrrole nitrogens is 2. The largest absolute Gasteiger partial charge is 0.329 e. The van der Waals surface area contributed by atoms with E-state index in [-0.39, 0.29) is 0 Å². The molecule has 3 aromatic rings. The smallest absolute Gasteiger partial charge is 0.175 e. The molecule has 0 aliphatic carbocycles. The van der Waals surface area contributed by atoms with Gasteiger partial charge >= 0.3 is 0 Å². The number of hydrogen-bond acceptors (Lipinski definition) is 3. The highest BCUT2D eigenvalue weighted by Crippen LogP contribution is 2.17. The Kier molecular flexibility index (Phi) is 1.43. The van der Waals surface area contributed by atoms with Gasteiger partial charge in [-0.15, -0.1) is 0 Å². The molecule has 0 aliphatic rings. The lowest BCUT2D eigenvalue weighted by molar-refractivity contribution is 1.29. The Morgan fingerprint density at radius 2 is 2.14 bits per heavy atom. The van der Waals surface area contributed by atoms with Crippen LogP contribution in [0.1, 0.15) is 0 Å². The maximum Gasteiger partial charge on any atom is 0.175 e. The molecule has 0 bridgehead atoms. The molecule has 0 aliphatic heterocycles. The second kappa shape index (κ2) is 2.62. The van der Waals surface area contributed by atoms with Crippen LogP contribution in [0, 0.1) is 4.77 Å². The molecule has 0 fully saturated rings. The average molecular weight is 202 g/mol. The van der Waals surface area contributed by atoms with Crippen molar-refractivity contribution in [2.75, 3.05) is 0 Å². The minimum Gasteiger partial charge on any atom is -0.329 e. The summed E-state index contributed by atoms with van der Waals surface area (Å²) in [4.78, 5) is 14.6. The fourth-order valence-electron chi connectivity index (χ4n) is 1.51. The number of fused-ring (bicyclic) bond motifs is 3. The standard InChI is InChI=1S/C9H6N4S/c14-9-12-6-4-11-5-2-1-3-10-7(5)8(6)13-9/h1-4H,(H2,12,13,14). The number of pyridine rings is 2. The summed E-state index contributed by atoms with van der Waals surface area (Å²) in [6, 6.07) is 3.79. The summed E-state index contributed by atoms with van der Waals surface area (Å²) >= 11 is 5.01. The van der Waals surface area contributed by atoms with E-state index in [1.807, 2.05) is 12.1 Å². The van der Waals surface area contributed by atoms with Gasteiger partial charge in [-0.25, -0.2) is 0 Å². The summed E-state index contributed by atoms with van der Waals surface area (Å²) in [5.74, 6) is 0. The maximum atomic E-state index is 5.01. The molecule has 0 spiro atoms. The van der Waals surface area contributed by atoms with E-state index in [0.717, 1.165) is 22.1 Å². The van der Waals surface area contributed by atoms with Crippen molar-refractivity contribution in [2.24, 2.45) is 0 Å². The van der Waals surface area contributed by atoms with Crippen molar-refractivity contribution in [1.82, 2.24) is 19.9 Å². The number of nitrogens with one attached hydrogen (secondary N) is 2. The van der Waals surface area contributed by atoms with Gasteiger partial charge in [0, 0.05) is 6.20 Å². The van der Waals surface area contributed by atoms with Crippen molar-refractivity contribution < 1.29 is 0 Å². The van der Waals surface area contributed by atoms with E-state index in [1.54, 1.807) is 12.4 Å². The van der Waals surface area contributed by atoms with E-state index < -0.39 is 0 Å². The van der Waals surface area contributed by atoms with Crippen LogP contribution in [-0.2, 0) is 0 Å². The minimum atomic E-state index is 0.597. The second-order valence-electron chi connectivity index (χ2n) is 3.00. The highest BCUT2D eigenvalue weighted by Gasteiger charge is 2.03. The van der Waals surface area contributed by atoms with E-state index in [1.165, 1.54) is 0 Å². The van der Waals surface area contributed by atoms with Gasteiger partial charge < -0.3 is 9.97 Å². The first-order valence-electron chi connectivity index (χ1n) is 4.16. The lowest BCUT2D eigenvalue weighted by Gasteiger charge is -1.95. The van der Waals surface area contributed by atoms with Crippen LogP contribution < -0.4 is 0 Å². The van der Waals surface area contributed by atoms with Gasteiger partial charge in [-0.3, -0.25) is 9.97 Å². The van der Waals surface area contributed by atoms with Gasteiger partial charge in [0.05, 0.1) is 22.7 Å². The molecular formula is C9H6N4S. The minimum absolute atomic E-state index is 0.597. The molecular weight excluding hydrogens is 196 g/mol. The molecule has 3 rings (SSSR count). The summed E-state index contributed by atoms with van der Waals surface area (Å²) in [6.07, 6.45) is 3.50. The number of aromatic amines is 2. The van der Waals surface area contributed by atoms with Crippen LogP contribution in [-0.4, -0.2) is 19.9 Å². The van der Waals surface area contributed by atoms with Gasteiger partial charge in [-0.2, -0.15) is 0 Å². The van der Waals surface area contributed by atoms with E-state index in [0.29, 0.717) is 4.77 Å². The van der Waals surface area contributed by atoms with Crippen molar-refractivity contribution in [3.63, 3.8) is 0 Å². The predicted octanol–water partition coefficient (Wildman–Crippen LogP) is 2.17. The first-order chi connectivity index (χ1) is 6.84. The molecule has 0 saturated carbocycles. The normalized spacial score (nSPS) is 11.1. The van der Waals surface area contributed by atoms with E-state index >= 15 is 0 Å². The topological polar surface area (TPSA) is 57.4 Å². The molecule has 0 saturated heterocycles. The van der Waals surface area contributed by atoms with Crippen LogP contribution in [0.5, 0.6) is 0 Å². The molecule has 3 aromatic heterocycles. The fourth-order valence-corrected chi connectivity index (χ4v) is 1.72. The number of rotatable bonds is 0. The van der Waals surface area contributed by atoms with Crippen LogP contribution in [0.15, 0.2) is 24.5 Å². The van der Waals surface area contributed by atoms with Gasteiger partial charge in [0.15, 0.2) is 4.77 Å². The summed E-state index contributed by atoms with van der Waals surface area (Å²) < 4.78 is 0.597. The molecule has 0 radical (unpaired) electrons. The fraction of sp³-hybridized carbons (Fsp3) is 0.